The molecule has 0 aliphatic carbocycles. The summed E-state index contributed by atoms with van der Waals surface area (Å²) in [5.41, 5.74) is -2.25. The third-order valence-corrected chi connectivity index (χ3v) is 5.46. The van der Waals surface area contributed by atoms with E-state index in [0.717, 1.165) is 24.3 Å². The Bertz CT molecular complexity index is 1430. The Morgan fingerprint density at radius 2 is 1.71 bits per heavy atom. The van der Waals surface area contributed by atoms with E-state index in [0.29, 0.717) is 16.6 Å². The third kappa shape index (κ3) is 3.86. The number of nitrogens with zero attached hydrogens (tertiary/aromatic N) is 3. The molecule has 1 aromatic heterocycles. The summed E-state index contributed by atoms with van der Waals surface area (Å²) < 4.78 is 80.7. The first kappa shape index (κ1) is 22.9. The number of hydrogen-bond donors (Lipinski definition) is 2. The molecule has 172 valence electrons. The molecule has 5 nitrogen and oxygen atoms in total. The van der Waals surface area contributed by atoms with Gasteiger partial charge in [-0.25, -0.2) is 4.85 Å². The monoisotopic (exact) mass is 473 g/mol. The number of alkyl halides is 6. The number of hydrogen-bond acceptors (Lipinski definition) is 3. The van der Waals surface area contributed by atoms with Crippen LogP contribution in [0.15, 0.2) is 59.4 Å². The van der Waals surface area contributed by atoms with Gasteiger partial charge in [-0.05, 0) is 42.3 Å². The van der Waals surface area contributed by atoms with Crippen LogP contribution in [0.5, 0.6) is 0 Å². The van der Waals surface area contributed by atoms with Crippen LogP contribution in [0.3, 0.4) is 0 Å². The minimum Gasteiger partial charge on any atom is -0.360 e. The molecule has 1 unspecified atom stereocenters. The van der Waals surface area contributed by atoms with E-state index < -0.39 is 35.1 Å². The zero-order valence-electron chi connectivity index (χ0n) is 17.2. The van der Waals surface area contributed by atoms with Crippen molar-refractivity contribution in [3.05, 3.63) is 93.2 Å². The van der Waals surface area contributed by atoms with Crippen molar-refractivity contribution >= 4 is 16.6 Å². The van der Waals surface area contributed by atoms with E-state index in [1.807, 2.05) is 0 Å². The number of dihydropyridines is 1. The Kier molecular flexibility index (Phi) is 5.37. The van der Waals surface area contributed by atoms with Gasteiger partial charge in [0.15, 0.2) is 0 Å². The SMILES string of the molecule is [C-]#[N+]C1=C(c2ccc(C(F)(F)F)cc2)NC(C(F)(F)F)=C(C#N)C1c1ccc2n[nH]c(C)c2c1. The first-order valence-corrected chi connectivity index (χ1v) is 9.68. The summed E-state index contributed by atoms with van der Waals surface area (Å²) in [5, 5.41) is 19.2. The highest BCUT2D eigenvalue weighted by molar-refractivity contribution is 5.83. The minimum absolute atomic E-state index is 0.0525. The second-order valence-corrected chi connectivity index (χ2v) is 7.53. The number of halogens is 6. The highest BCUT2D eigenvalue weighted by Crippen LogP contribution is 2.45. The maximum Gasteiger partial charge on any atom is 0.432 e. The molecule has 11 heteroatoms. The Morgan fingerprint density at radius 1 is 1.03 bits per heavy atom. The first-order valence-electron chi connectivity index (χ1n) is 9.68. The van der Waals surface area contributed by atoms with Crippen LogP contribution in [0.2, 0.25) is 0 Å². The molecule has 0 radical (unpaired) electrons. The van der Waals surface area contributed by atoms with Gasteiger partial charge in [0, 0.05) is 16.8 Å². The predicted molar refractivity (Wildman–Crippen MR) is 110 cm³/mol. The van der Waals surface area contributed by atoms with Crippen LogP contribution in [0.4, 0.5) is 26.3 Å². The topological polar surface area (TPSA) is 68.9 Å². The lowest BCUT2D eigenvalue weighted by molar-refractivity contribution is -0.137. The number of nitrogens with one attached hydrogen (secondary N) is 2. The summed E-state index contributed by atoms with van der Waals surface area (Å²) in [7, 11) is 0. The summed E-state index contributed by atoms with van der Waals surface area (Å²) in [6.07, 6.45) is -9.62. The van der Waals surface area contributed by atoms with Crippen molar-refractivity contribution in [2.24, 2.45) is 0 Å². The van der Waals surface area contributed by atoms with Crippen LogP contribution in [0.1, 0.15) is 28.3 Å². The third-order valence-electron chi connectivity index (χ3n) is 5.46. The van der Waals surface area contributed by atoms with Crippen molar-refractivity contribution in [1.82, 2.24) is 15.5 Å². The summed E-state index contributed by atoms with van der Waals surface area (Å²) >= 11 is 0. The number of fused-ring (bicyclic) bond motifs is 1. The number of benzene rings is 2. The molecule has 1 atom stereocenters. The fraction of sp³-hybridized carbons (Fsp3) is 0.174. The van der Waals surface area contributed by atoms with Crippen molar-refractivity contribution in [3.63, 3.8) is 0 Å². The standard InChI is InChI=1S/C23H13F6N5/c1-11-15-9-13(5-8-17(15)34-33-11)18-16(10-30)21(23(27,28)29)32-19(20(18)31-2)12-3-6-14(7-4-12)22(24,25)26/h3-9,18,32H,1H3,(H,33,34). The number of aromatic nitrogens is 2. The number of aromatic amines is 1. The molecule has 0 amide bonds. The summed E-state index contributed by atoms with van der Waals surface area (Å²) in [6.45, 7) is 9.39. The van der Waals surface area contributed by atoms with Gasteiger partial charge in [-0.3, -0.25) is 5.10 Å². The predicted octanol–water partition coefficient (Wildman–Crippen LogP) is 6.20. The second kappa shape index (κ2) is 7.96. The van der Waals surface area contributed by atoms with Gasteiger partial charge in [0.25, 0.3) is 0 Å². The summed E-state index contributed by atoms with van der Waals surface area (Å²) in [6, 6.07) is 9.57. The van der Waals surface area contributed by atoms with Gasteiger partial charge >= 0.3 is 12.4 Å². The Balaban J connectivity index is 1.97. The van der Waals surface area contributed by atoms with Gasteiger partial charge in [0.05, 0.1) is 35.2 Å². The smallest absolute Gasteiger partial charge is 0.360 e. The first-order chi connectivity index (χ1) is 16.0. The van der Waals surface area contributed by atoms with Crippen LogP contribution in [-0.4, -0.2) is 16.4 Å². The van der Waals surface area contributed by atoms with E-state index in [2.05, 4.69) is 20.4 Å². The molecule has 2 N–H and O–H groups in total. The van der Waals surface area contributed by atoms with E-state index in [4.69, 9.17) is 6.57 Å². The van der Waals surface area contributed by atoms with E-state index in [9.17, 15) is 31.6 Å². The molecule has 4 rings (SSSR count). The highest BCUT2D eigenvalue weighted by Gasteiger charge is 2.44. The van der Waals surface area contributed by atoms with Crippen LogP contribution in [-0.2, 0) is 6.18 Å². The molecule has 1 aliphatic rings. The normalized spacial score (nSPS) is 16.9. The van der Waals surface area contributed by atoms with Crippen molar-refractivity contribution in [2.75, 3.05) is 0 Å². The van der Waals surface area contributed by atoms with Gasteiger partial charge < -0.3 is 5.32 Å². The number of rotatable bonds is 2. The fourth-order valence-electron chi connectivity index (χ4n) is 3.85. The molecule has 2 aromatic carbocycles. The lowest BCUT2D eigenvalue weighted by Crippen LogP contribution is -2.33. The maximum absolute atomic E-state index is 13.9. The van der Waals surface area contributed by atoms with Gasteiger partial charge in [0.1, 0.15) is 5.70 Å². The Hall–Kier alpha value is -4.25. The number of allylic oxidation sites excluding steroid dienone is 2. The molecular formula is C23H13F6N5. The van der Waals surface area contributed by atoms with E-state index in [1.54, 1.807) is 25.1 Å². The molecule has 1 aliphatic heterocycles. The van der Waals surface area contributed by atoms with Gasteiger partial charge in [-0.2, -0.15) is 36.7 Å². The Labute approximate surface area is 188 Å². The molecular weight excluding hydrogens is 460 g/mol. The van der Waals surface area contributed by atoms with Crippen LogP contribution in [0.25, 0.3) is 21.4 Å². The zero-order valence-corrected chi connectivity index (χ0v) is 17.2. The molecule has 0 bridgehead atoms. The fourth-order valence-corrected chi connectivity index (χ4v) is 3.85. The highest BCUT2D eigenvalue weighted by atomic mass is 19.4. The van der Waals surface area contributed by atoms with Crippen molar-refractivity contribution in [1.29, 1.82) is 5.26 Å². The van der Waals surface area contributed by atoms with E-state index in [1.165, 1.54) is 6.07 Å². The number of nitriles is 1. The second-order valence-electron chi connectivity index (χ2n) is 7.53. The summed E-state index contributed by atoms with van der Waals surface area (Å²) in [4.78, 5) is 3.41. The zero-order chi connectivity index (χ0) is 24.8. The van der Waals surface area contributed by atoms with Crippen molar-refractivity contribution in [3.8, 4) is 6.07 Å². The molecule has 34 heavy (non-hydrogen) atoms. The average molecular weight is 473 g/mol. The van der Waals surface area contributed by atoms with Crippen molar-refractivity contribution < 1.29 is 26.3 Å². The van der Waals surface area contributed by atoms with Crippen LogP contribution >= 0.6 is 0 Å². The van der Waals surface area contributed by atoms with Crippen LogP contribution < -0.4 is 5.32 Å². The summed E-state index contributed by atoms with van der Waals surface area (Å²) in [5.74, 6) is -1.39. The largest absolute Gasteiger partial charge is 0.432 e. The van der Waals surface area contributed by atoms with Gasteiger partial charge in [0.2, 0.25) is 5.70 Å². The molecule has 0 spiro atoms. The molecule has 0 saturated carbocycles. The number of aryl methyl sites for hydroxylation is 1. The minimum atomic E-state index is -4.98. The van der Waals surface area contributed by atoms with Crippen LogP contribution in [0, 0.1) is 24.8 Å². The molecule has 3 aromatic rings. The maximum atomic E-state index is 13.9. The number of H-pyrrole nitrogens is 1. The Morgan fingerprint density at radius 3 is 2.26 bits per heavy atom. The van der Waals surface area contributed by atoms with Gasteiger partial charge in [-0.15, -0.1) is 0 Å². The average Bonchev–Trinajstić information content (AvgIpc) is 3.16. The lowest BCUT2D eigenvalue weighted by Gasteiger charge is -2.30. The molecule has 2 heterocycles. The van der Waals surface area contributed by atoms with E-state index in [-0.39, 0.29) is 22.5 Å². The van der Waals surface area contributed by atoms with Crippen molar-refractivity contribution in [2.45, 2.75) is 25.2 Å². The van der Waals surface area contributed by atoms with E-state index >= 15 is 0 Å². The molecule has 0 fully saturated rings. The quantitative estimate of drug-likeness (QED) is 0.344. The van der Waals surface area contributed by atoms with Gasteiger partial charge in [-0.1, -0.05) is 18.2 Å². The molecule has 0 saturated heterocycles. The lowest BCUT2D eigenvalue weighted by atomic mass is 9.82.